The largest absolute Gasteiger partial charge is 0.292 e. The summed E-state index contributed by atoms with van der Waals surface area (Å²) in [6.45, 7) is 4.55. The van der Waals surface area contributed by atoms with Gasteiger partial charge in [0.2, 0.25) is 0 Å². The molecule has 104 valence electrons. The fourth-order valence-electron chi connectivity index (χ4n) is 3.13. The molecule has 0 aliphatic carbocycles. The maximum atomic E-state index is 4.77. The van der Waals surface area contributed by atoms with Crippen LogP contribution in [-0.2, 0) is 0 Å². The van der Waals surface area contributed by atoms with Crippen molar-refractivity contribution >= 4 is 17.0 Å². The first-order chi connectivity index (χ1) is 9.75. The molecule has 0 spiro atoms. The standard InChI is InChI=1S/C18H22N2/c1-14-7-5-8-15(2)20(14)19-13-17-11-6-10-16-9-3-4-12-18(16)17/h3-4,6,9-15H,5,7-8H2,1-2H3/b19-13-/t14-,15-/m0/s1. The van der Waals surface area contributed by atoms with Crippen molar-refractivity contribution < 1.29 is 0 Å². The number of hydrazone groups is 1. The van der Waals surface area contributed by atoms with Crippen LogP contribution >= 0.6 is 0 Å². The van der Waals surface area contributed by atoms with E-state index in [1.807, 2.05) is 6.21 Å². The Labute approximate surface area is 121 Å². The van der Waals surface area contributed by atoms with Gasteiger partial charge in [-0.05, 0) is 43.9 Å². The molecule has 0 amide bonds. The van der Waals surface area contributed by atoms with E-state index in [1.165, 1.54) is 35.6 Å². The Morgan fingerprint density at radius 2 is 1.70 bits per heavy atom. The van der Waals surface area contributed by atoms with Gasteiger partial charge in [-0.2, -0.15) is 5.10 Å². The Hall–Kier alpha value is -1.83. The van der Waals surface area contributed by atoms with Gasteiger partial charge in [-0.3, -0.25) is 5.01 Å². The van der Waals surface area contributed by atoms with Crippen LogP contribution in [0.3, 0.4) is 0 Å². The first-order valence-electron chi connectivity index (χ1n) is 7.56. The SMILES string of the molecule is C[C@H]1CCC[C@H](C)N1/N=C\c1cccc2ccccc12. The Morgan fingerprint density at radius 1 is 1.00 bits per heavy atom. The Morgan fingerprint density at radius 3 is 2.50 bits per heavy atom. The van der Waals surface area contributed by atoms with Crippen molar-refractivity contribution in [1.29, 1.82) is 0 Å². The Kier molecular flexibility index (Phi) is 3.72. The summed E-state index contributed by atoms with van der Waals surface area (Å²) in [5.41, 5.74) is 1.20. The van der Waals surface area contributed by atoms with E-state index in [0.717, 1.165) is 0 Å². The molecular weight excluding hydrogens is 244 g/mol. The number of rotatable bonds is 2. The third kappa shape index (κ3) is 2.55. The number of fused-ring (bicyclic) bond motifs is 1. The van der Waals surface area contributed by atoms with Crippen molar-refractivity contribution in [2.75, 3.05) is 0 Å². The number of hydrogen-bond donors (Lipinski definition) is 0. The minimum atomic E-state index is 0.546. The van der Waals surface area contributed by atoms with Gasteiger partial charge < -0.3 is 0 Å². The fraction of sp³-hybridized carbons (Fsp3) is 0.389. The minimum absolute atomic E-state index is 0.546. The molecule has 0 aromatic heterocycles. The van der Waals surface area contributed by atoms with Gasteiger partial charge in [0.25, 0.3) is 0 Å². The van der Waals surface area contributed by atoms with E-state index < -0.39 is 0 Å². The predicted molar refractivity (Wildman–Crippen MR) is 86.2 cm³/mol. The van der Waals surface area contributed by atoms with Crippen LogP contribution in [-0.4, -0.2) is 23.3 Å². The van der Waals surface area contributed by atoms with E-state index in [2.05, 4.69) is 61.3 Å². The van der Waals surface area contributed by atoms with Crippen molar-refractivity contribution in [3.8, 4) is 0 Å². The Balaban J connectivity index is 1.90. The minimum Gasteiger partial charge on any atom is -0.292 e. The molecule has 0 bridgehead atoms. The molecule has 2 heteroatoms. The Bertz CT molecular complexity index is 602. The lowest BCUT2D eigenvalue weighted by molar-refractivity contribution is 0.109. The zero-order valence-electron chi connectivity index (χ0n) is 12.3. The van der Waals surface area contributed by atoms with Gasteiger partial charge in [0.15, 0.2) is 0 Å². The normalized spacial score (nSPS) is 23.6. The summed E-state index contributed by atoms with van der Waals surface area (Å²) in [6, 6.07) is 16.0. The van der Waals surface area contributed by atoms with Crippen LogP contribution in [0.15, 0.2) is 47.6 Å². The van der Waals surface area contributed by atoms with Crippen LogP contribution in [0.2, 0.25) is 0 Å². The summed E-state index contributed by atoms with van der Waals surface area (Å²) in [5.74, 6) is 0. The summed E-state index contributed by atoms with van der Waals surface area (Å²) in [4.78, 5) is 0. The van der Waals surface area contributed by atoms with Crippen LogP contribution in [0.1, 0.15) is 38.7 Å². The second kappa shape index (κ2) is 5.66. The molecule has 1 saturated heterocycles. The van der Waals surface area contributed by atoms with Crippen LogP contribution in [0.5, 0.6) is 0 Å². The van der Waals surface area contributed by atoms with Gasteiger partial charge in [-0.15, -0.1) is 0 Å². The third-order valence-corrected chi connectivity index (χ3v) is 4.30. The van der Waals surface area contributed by atoms with Crippen LogP contribution in [0, 0.1) is 0 Å². The molecule has 1 fully saturated rings. The van der Waals surface area contributed by atoms with E-state index in [4.69, 9.17) is 5.10 Å². The number of piperidine rings is 1. The van der Waals surface area contributed by atoms with Gasteiger partial charge >= 0.3 is 0 Å². The van der Waals surface area contributed by atoms with Gasteiger partial charge in [0, 0.05) is 17.6 Å². The average molecular weight is 266 g/mol. The maximum absolute atomic E-state index is 4.77. The highest BCUT2D eigenvalue weighted by molar-refractivity contribution is 5.99. The van der Waals surface area contributed by atoms with Gasteiger partial charge in [-0.25, -0.2) is 0 Å². The highest BCUT2D eigenvalue weighted by Gasteiger charge is 2.22. The summed E-state index contributed by atoms with van der Waals surface area (Å²) in [5, 5.41) is 9.59. The van der Waals surface area contributed by atoms with Gasteiger partial charge in [0.1, 0.15) is 0 Å². The molecule has 2 aromatic rings. The molecule has 2 nitrogen and oxygen atoms in total. The highest BCUT2D eigenvalue weighted by atomic mass is 15.5. The molecule has 1 heterocycles. The second-order valence-electron chi connectivity index (χ2n) is 5.82. The monoisotopic (exact) mass is 266 g/mol. The molecule has 2 aromatic carbocycles. The molecule has 0 radical (unpaired) electrons. The molecule has 3 rings (SSSR count). The van der Waals surface area contributed by atoms with E-state index >= 15 is 0 Å². The highest BCUT2D eigenvalue weighted by Crippen LogP contribution is 2.23. The van der Waals surface area contributed by atoms with Crippen LogP contribution in [0.4, 0.5) is 0 Å². The van der Waals surface area contributed by atoms with Crippen molar-refractivity contribution in [2.45, 2.75) is 45.2 Å². The lowest BCUT2D eigenvalue weighted by Crippen LogP contribution is -2.39. The zero-order chi connectivity index (χ0) is 13.9. The zero-order valence-corrected chi connectivity index (χ0v) is 12.3. The van der Waals surface area contributed by atoms with E-state index in [-0.39, 0.29) is 0 Å². The summed E-state index contributed by atoms with van der Waals surface area (Å²) >= 11 is 0. The average Bonchev–Trinajstić information content (AvgIpc) is 2.47. The van der Waals surface area contributed by atoms with E-state index in [1.54, 1.807) is 0 Å². The molecule has 1 aliphatic heterocycles. The lowest BCUT2D eigenvalue weighted by Gasteiger charge is -2.36. The first-order valence-corrected chi connectivity index (χ1v) is 7.56. The lowest BCUT2D eigenvalue weighted by atomic mass is 10.00. The van der Waals surface area contributed by atoms with Crippen molar-refractivity contribution in [2.24, 2.45) is 5.10 Å². The third-order valence-electron chi connectivity index (χ3n) is 4.30. The van der Waals surface area contributed by atoms with Gasteiger partial charge in [-0.1, -0.05) is 42.5 Å². The van der Waals surface area contributed by atoms with E-state index in [9.17, 15) is 0 Å². The topological polar surface area (TPSA) is 15.6 Å². The fourth-order valence-corrected chi connectivity index (χ4v) is 3.13. The smallest absolute Gasteiger partial charge is 0.0549 e. The predicted octanol–water partition coefficient (Wildman–Crippen LogP) is 4.44. The second-order valence-corrected chi connectivity index (χ2v) is 5.82. The summed E-state index contributed by atoms with van der Waals surface area (Å²) < 4.78 is 0. The van der Waals surface area contributed by atoms with Crippen molar-refractivity contribution in [3.63, 3.8) is 0 Å². The first kappa shape index (κ1) is 13.2. The van der Waals surface area contributed by atoms with Gasteiger partial charge in [0.05, 0.1) is 6.21 Å². The number of benzene rings is 2. The number of nitrogens with zero attached hydrogens (tertiary/aromatic N) is 2. The molecule has 0 saturated carbocycles. The summed E-state index contributed by atoms with van der Waals surface area (Å²) in [7, 11) is 0. The quantitative estimate of drug-likeness (QED) is 0.734. The number of hydrogen-bond acceptors (Lipinski definition) is 2. The van der Waals surface area contributed by atoms with Crippen LogP contribution < -0.4 is 0 Å². The van der Waals surface area contributed by atoms with Crippen molar-refractivity contribution in [3.05, 3.63) is 48.0 Å². The molecule has 2 atom stereocenters. The van der Waals surface area contributed by atoms with E-state index in [0.29, 0.717) is 12.1 Å². The molecule has 0 N–H and O–H groups in total. The molecule has 20 heavy (non-hydrogen) atoms. The molecule has 0 unspecified atom stereocenters. The summed E-state index contributed by atoms with van der Waals surface area (Å²) in [6.07, 6.45) is 5.84. The molecule has 1 aliphatic rings. The maximum Gasteiger partial charge on any atom is 0.0549 e. The van der Waals surface area contributed by atoms with Crippen molar-refractivity contribution in [1.82, 2.24) is 5.01 Å². The van der Waals surface area contributed by atoms with Crippen LogP contribution in [0.25, 0.3) is 10.8 Å². The molecular formula is C18H22N2.